The fourth-order valence-electron chi connectivity index (χ4n) is 1.96. The van der Waals surface area contributed by atoms with Gasteiger partial charge in [-0.2, -0.15) is 0 Å². The third-order valence-electron chi connectivity index (χ3n) is 3.07. The Balaban J connectivity index is 2.29. The van der Waals surface area contributed by atoms with Crippen LogP contribution in [-0.2, 0) is 0 Å². The fraction of sp³-hybridized carbons (Fsp3) is 0.375. The van der Waals surface area contributed by atoms with Gasteiger partial charge in [-0.3, -0.25) is 0 Å². The van der Waals surface area contributed by atoms with E-state index in [9.17, 15) is 0 Å². The molecule has 2 aromatic rings. The quantitative estimate of drug-likeness (QED) is 0.904. The zero-order valence-corrected chi connectivity index (χ0v) is 12.6. The van der Waals surface area contributed by atoms with Gasteiger partial charge in [-0.05, 0) is 31.5 Å². The second-order valence-electron chi connectivity index (χ2n) is 5.09. The average Bonchev–Trinajstić information content (AvgIpc) is 2.44. The van der Waals surface area contributed by atoms with Crippen molar-refractivity contribution in [3.05, 3.63) is 36.0 Å². The lowest BCUT2D eigenvalue weighted by Crippen LogP contribution is -2.08. The van der Waals surface area contributed by atoms with Gasteiger partial charge in [0.15, 0.2) is 0 Å². The third kappa shape index (κ3) is 3.47. The van der Waals surface area contributed by atoms with E-state index in [4.69, 9.17) is 0 Å². The summed E-state index contributed by atoms with van der Waals surface area (Å²) in [4.78, 5) is 11.1. The highest BCUT2D eigenvalue weighted by atomic mass is 15.1. The lowest BCUT2D eigenvalue weighted by Gasteiger charge is -2.13. The molecule has 0 unspecified atom stereocenters. The highest BCUT2D eigenvalue weighted by molar-refractivity contribution is 5.64. The van der Waals surface area contributed by atoms with Gasteiger partial charge in [0.05, 0.1) is 5.69 Å². The second kappa shape index (κ2) is 6.37. The first-order chi connectivity index (χ1) is 9.60. The van der Waals surface area contributed by atoms with Crippen LogP contribution < -0.4 is 10.2 Å². The van der Waals surface area contributed by atoms with Crippen molar-refractivity contribution in [3.63, 3.8) is 0 Å². The molecule has 0 amide bonds. The topological polar surface area (TPSA) is 41.1 Å². The van der Waals surface area contributed by atoms with Crippen LogP contribution in [0, 0.1) is 6.92 Å². The van der Waals surface area contributed by atoms with Gasteiger partial charge < -0.3 is 10.2 Å². The molecule has 20 heavy (non-hydrogen) atoms. The Kier molecular flexibility index (Phi) is 4.56. The molecule has 0 saturated carbocycles. The van der Waals surface area contributed by atoms with E-state index in [1.807, 2.05) is 27.1 Å². The number of nitrogens with one attached hydrogen (secondary N) is 1. The standard InChI is InChI=1S/C16H22N4/c1-5-10-17-16-18-12(2)11-15(19-16)13-6-8-14(9-7-13)20(3)4/h6-9,11H,5,10H2,1-4H3,(H,17,18,19). The summed E-state index contributed by atoms with van der Waals surface area (Å²) < 4.78 is 0. The number of benzene rings is 1. The molecule has 0 atom stereocenters. The minimum Gasteiger partial charge on any atom is -0.378 e. The van der Waals surface area contributed by atoms with E-state index in [0.717, 1.165) is 29.9 Å². The van der Waals surface area contributed by atoms with Gasteiger partial charge in [0.25, 0.3) is 0 Å². The largest absolute Gasteiger partial charge is 0.378 e. The van der Waals surface area contributed by atoms with Crippen molar-refractivity contribution in [1.29, 1.82) is 0 Å². The van der Waals surface area contributed by atoms with E-state index < -0.39 is 0 Å². The van der Waals surface area contributed by atoms with Gasteiger partial charge in [-0.25, -0.2) is 9.97 Å². The van der Waals surface area contributed by atoms with E-state index in [0.29, 0.717) is 5.95 Å². The van der Waals surface area contributed by atoms with Crippen LogP contribution in [0.15, 0.2) is 30.3 Å². The molecular weight excluding hydrogens is 248 g/mol. The minimum absolute atomic E-state index is 0.707. The molecule has 106 valence electrons. The Labute approximate surface area is 120 Å². The van der Waals surface area contributed by atoms with Crippen molar-refractivity contribution in [2.24, 2.45) is 0 Å². The number of aromatic nitrogens is 2. The van der Waals surface area contributed by atoms with Gasteiger partial charge in [0, 0.05) is 37.6 Å². The van der Waals surface area contributed by atoms with E-state index in [2.05, 4.69) is 51.4 Å². The predicted octanol–water partition coefficient (Wildman–Crippen LogP) is 3.34. The van der Waals surface area contributed by atoms with Crippen molar-refractivity contribution >= 4 is 11.6 Å². The van der Waals surface area contributed by atoms with Gasteiger partial charge >= 0.3 is 0 Å². The molecule has 0 aliphatic rings. The summed E-state index contributed by atoms with van der Waals surface area (Å²) in [5, 5.41) is 3.24. The zero-order chi connectivity index (χ0) is 14.5. The van der Waals surface area contributed by atoms with E-state index in [-0.39, 0.29) is 0 Å². The summed E-state index contributed by atoms with van der Waals surface area (Å²) in [7, 11) is 4.08. The van der Waals surface area contributed by atoms with Crippen LogP contribution in [0.3, 0.4) is 0 Å². The first-order valence-corrected chi connectivity index (χ1v) is 6.97. The summed E-state index contributed by atoms with van der Waals surface area (Å²) in [6.45, 7) is 5.02. The fourth-order valence-corrected chi connectivity index (χ4v) is 1.96. The third-order valence-corrected chi connectivity index (χ3v) is 3.07. The molecule has 4 nitrogen and oxygen atoms in total. The Hall–Kier alpha value is -2.10. The van der Waals surface area contributed by atoms with Crippen LogP contribution in [0.2, 0.25) is 0 Å². The van der Waals surface area contributed by atoms with E-state index >= 15 is 0 Å². The van der Waals surface area contributed by atoms with Gasteiger partial charge in [-0.1, -0.05) is 19.1 Å². The van der Waals surface area contributed by atoms with Crippen LogP contribution in [0.25, 0.3) is 11.3 Å². The highest BCUT2D eigenvalue weighted by Crippen LogP contribution is 2.22. The van der Waals surface area contributed by atoms with Crippen LogP contribution in [0.5, 0.6) is 0 Å². The van der Waals surface area contributed by atoms with Crippen molar-refractivity contribution in [2.75, 3.05) is 30.9 Å². The van der Waals surface area contributed by atoms with Crippen molar-refractivity contribution < 1.29 is 0 Å². The smallest absolute Gasteiger partial charge is 0.223 e. The monoisotopic (exact) mass is 270 g/mol. The second-order valence-corrected chi connectivity index (χ2v) is 5.09. The van der Waals surface area contributed by atoms with Crippen LogP contribution in [-0.4, -0.2) is 30.6 Å². The molecule has 1 aromatic heterocycles. The maximum Gasteiger partial charge on any atom is 0.223 e. The molecule has 0 fully saturated rings. The number of rotatable bonds is 5. The molecule has 0 radical (unpaired) electrons. The molecule has 1 N–H and O–H groups in total. The normalized spacial score (nSPS) is 10.4. The molecule has 0 aliphatic heterocycles. The molecule has 0 saturated heterocycles. The van der Waals surface area contributed by atoms with Crippen molar-refractivity contribution in [3.8, 4) is 11.3 Å². The Morgan fingerprint density at radius 1 is 1.10 bits per heavy atom. The lowest BCUT2D eigenvalue weighted by atomic mass is 10.1. The molecule has 1 aromatic carbocycles. The van der Waals surface area contributed by atoms with Crippen molar-refractivity contribution in [1.82, 2.24) is 9.97 Å². The van der Waals surface area contributed by atoms with Gasteiger partial charge in [0.2, 0.25) is 5.95 Å². The van der Waals surface area contributed by atoms with Crippen LogP contribution in [0.1, 0.15) is 19.0 Å². The number of hydrogen-bond acceptors (Lipinski definition) is 4. The SMILES string of the molecule is CCCNc1nc(C)cc(-c2ccc(N(C)C)cc2)n1. The summed E-state index contributed by atoms with van der Waals surface area (Å²) in [6.07, 6.45) is 1.06. The Morgan fingerprint density at radius 2 is 1.80 bits per heavy atom. The predicted molar refractivity (Wildman–Crippen MR) is 85.3 cm³/mol. The number of aryl methyl sites for hydroxylation is 1. The zero-order valence-electron chi connectivity index (χ0n) is 12.6. The Morgan fingerprint density at radius 3 is 2.40 bits per heavy atom. The molecule has 0 aliphatic carbocycles. The Bertz CT molecular complexity index is 561. The molecule has 1 heterocycles. The average molecular weight is 270 g/mol. The van der Waals surface area contributed by atoms with Crippen LogP contribution in [0.4, 0.5) is 11.6 Å². The van der Waals surface area contributed by atoms with E-state index in [1.54, 1.807) is 0 Å². The first-order valence-electron chi connectivity index (χ1n) is 6.97. The maximum absolute atomic E-state index is 4.58. The van der Waals surface area contributed by atoms with Gasteiger partial charge in [0.1, 0.15) is 0 Å². The summed E-state index contributed by atoms with van der Waals surface area (Å²) in [5.74, 6) is 0.707. The lowest BCUT2D eigenvalue weighted by molar-refractivity contribution is 0.947. The molecular formula is C16H22N4. The molecule has 4 heteroatoms. The van der Waals surface area contributed by atoms with Crippen molar-refractivity contribution in [2.45, 2.75) is 20.3 Å². The minimum atomic E-state index is 0.707. The summed E-state index contributed by atoms with van der Waals surface area (Å²) >= 11 is 0. The van der Waals surface area contributed by atoms with Gasteiger partial charge in [-0.15, -0.1) is 0 Å². The number of anilines is 2. The maximum atomic E-state index is 4.58. The molecule has 0 bridgehead atoms. The number of nitrogens with zero attached hydrogens (tertiary/aromatic N) is 3. The molecule has 0 spiro atoms. The highest BCUT2D eigenvalue weighted by Gasteiger charge is 2.05. The van der Waals surface area contributed by atoms with Crippen LogP contribution >= 0.6 is 0 Å². The summed E-state index contributed by atoms with van der Waals surface area (Å²) in [5.41, 5.74) is 4.23. The van der Waals surface area contributed by atoms with E-state index in [1.165, 1.54) is 5.69 Å². The number of hydrogen-bond donors (Lipinski definition) is 1. The summed E-state index contributed by atoms with van der Waals surface area (Å²) in [6, 6.07) is 10.4. The first kappa shape index (κ1) is 14.3. The molecule has 2 rings (SSSR count).